The fourth-order valence-corrected chi connectivity index (χ4v) is 3.91. The summed E-state index contributed by atoms with van der Waals surface area (Å²) in [5.74, 6) is -5.23. The number of amides is 2. The van der Waals surface area contributed by atoms with Crippen molar-refractivity contribution in [3.05, 3.63) is 24.3 Å². The monoisotopic (exact) mass is 532 g/mol. The Bertz CT molecular complexity index is 936. The summed E-state index contributed by atoms with van der Waals surface area (Å²) in [6.45, 7) is 0.906. The second-order valence-electron chi connectivity index (χ2n) is 8.25. The minimum atomic E-state index is -5.08. The first kappa shape index (κ1) is 29.2. The molecular weight excluding hydrogens is 505 g/mol. The van der Waals surface area contributed by atoms with Gasteiger partial charge in [-0.3, -0.25) is 9.59 Å². The lowest BCUT2D eigenvalue weighted by Gasteiger charge is -2.22. The molecule has 15 heteroatoms. The highest BCUT2D eigenvalue weighted by molar-refractivity contribution is 5.87. The molecule has 0 spiro atoms. The van der Waals surface area contributed by atoms with Gasteiger partial charge in [-0.25, -0.2) is 14.4 Å². The van der Waals surface area contributed by atoms with Crippen molar-refractivity contribution < 1.29 is 52.5 Å². The fraction of sp³-hybridized carbons (Fsp3) is 0.500. The highest BCUT2D eigenvalue weighted by atomic mass is 19.4. The number of rotatable bonds is 8. The van der Waals surface area contributed by atoms with Crippen LogP contribution in [0.4, 0.5) is 24.5 Å². The number of carboxylic acids is 3. The van der Waals surface area contributed by atoms with E-state index >= 15 is 0 Å². The molecule has 0 unspecified atom stereocenters. The molecule has 0 aliphatic carbocycles. The van der Waals surface area contributed by atoms with Crippen molar-refractivity contribution in [3.8, 4) is 0 Å². The first-order valence-electron chi connectivity index (χ1n) is 11.2. The number of anilines is 2. The van der Waals surface area contributed by atoms with Crippen LogP contribution in [-0.4, -0.2) is 99.3 Å². The van der Waals surface area contributed by atoms with Gasteiger partial charge in [0.05, 0.1) is 13.1 Å². The zero-order valence-electron chi connectivity index (χ0n) is 19.5. The summed E-state index contributed by atoms with van der Waals surface area (Å²) in [6.07, 6.45) is -2.76. The van der Waals surface area contributed by atoms with Crippen LogP contribution in [0.15, 0.2) is 24.3 Å². The number of carbonyl (C=O) groups excluding carboxylic acids is 2. The predicted molar refractivity (Wildman–Crippen MR) is 122 cm³/mol. The van der Waals surface area contributed by atoms with Gasteiger partial charge in [-0.1, -0.05) is 0 Å². The van der Waals surface area contributed by atoms with E-state index in [0.717, 1.165) is 0 Å². The van der Waals surface area contributed by atoms with Gasteiger partial charge in [0.1, 0.15) is 12.1 Å². The number of aliphatic carboxylic acids is 3. The molecule has 2 aliphatic rings. The SMILES string of the molecule is O=C(O)C(F)(F)F.O=C(O)[C@H]1CCCN1C(=O)CNc1ccc(NCC(=O)N2CCC[C@@H]2C(=O)O)cc1. The third-order valence-corrected chi connectivity index (χ3v) is 5.73. The fourth-order valence-electron chi connectivity index (χ4n) is 3.91. The van der Waals surface area contributed by atoms with E-state index in [9.17, 15) is 42.6 Å². The summed E-state index contributed by atoms with van der Waals surface area (Å²) < 4.78 is 31.7. The Labute approximate surface area is 209 Å². The summed E-state index contributed by atoms with van der Waals surface area (Å²) in [6, 6.07) is 5.48. The number of halogens is 3. The molecule has 2 amide bonds. The maximum Gasteiger partial charge on any atom is 0.490 e. The Morgan fingerprint density at radius 2 is 1.08 bits per heavy atom. The minimum absolute atomic E-state index is 0.000573. The topological polar surface area (TPSA) is 177 Å². The number of carbonyl (C=O) groups is 5. The summed E-state index contributed by atoms with van der Waals surface area (Å²) in [7, 11) is 0. The van der Waals surface area contributed by atoms with E-state index in [4.69, 9.17) is 9.90 Å². The molecule has 0 saturated carbocycles. The van der Waals surface area contributed by atoms with Crippen LogP contribution in [-0.2, 0) is 24.0 Å². The molecule has 2 fully saturated rings. The van der Waals surface area contributed by atoms with Crippen LogP contribution in [0.5, 0.6) is 0 Å². The van der Waals surface area contributed by atoms with E-state index < -0.39 is 36.2 Å². The lowest BCUT2D eigenvalue weighted by Crippen LogP contribution is -2.43. The Kier molecular flexibility index (Phi) is 10.1. The van der Waals surface area contributed by atoms with Gasteiger partial charge in [0.15, 0.2) is 0 Å². The lowest BCUT2D eigenvalue weighted by atomic mass is 10.2. The van der Waals surface area contributed by atoms with Crippen molar-refractivity contribution in [1.29, 1.82) is 0 Å². The molecule has 12 nitrogen and oxygen atoms in total. The zero-order valence-corrected chi connectivity index (χ0v) is 19.5. The smallest absolute Gasteiger partial charge is 0.480 e. The third-order valence-electron chi connectivity index (χ3n) is 5.73. The molecule has 2 heterocycles. The molecule has 0 radical (unpaired) electrons. The number of nitrogens with one attached hydrogen (secondary N) is 2. The molecule has 3 rings (SSSR count). The minimum Gasteiger partial charge on any atom is -0.480 e. The lowest BCUT2D eigenvalue weighted by molar-refractivity contribution is -0.192. The largest absolute Gasteiger partial charge is 0.490 e. The van der Waals surface area contributed by atoms with Gasteiger partial charge in [0.2, 0.25) is 11.8 Å². The quantitative estimate of drug-likeness (QED) is 0.328. The molecular formula is C22H27F3N4O8. The molecule has 1 aromatic rings. The first-order chi connectivity index (χ1) is 17.3. The van der Waals surface area contributed by atoms with E-state index in [-0.39, 0.29) is 24.9 Å². The molecule has 5 N–H and O–H groups in total. The van der Waals surface area contributed by atoms with Gasteiger partial charge in [-0.2, -0.15) is 13.2 Å². The van der Waals surface area contributed by atoms with Gasteiger partial charge in [-0.15, -0.1) is 0 Å². The van der Waals surface area contributed by atoms with Crippen LogP contribution in [0.25, 0.3) is 0 Å². The summed E-state index contributed by atoms with van der Waals surface area (Å²) in [5, 5.41) is 31.4. The van der Waals surface area contributed by atoms with Gasteiger partial charge in [0.25, 0.3) is 0 Å². The number of carboxylic acid groups (broad SMARTS) is 3. The van der Waals surface area contributed by atoms with E-state index in [1.165, 1.54) is 9.80 Å². The summed E-state index contributed by atoms with van der Waals surface area (Å²) in [4.78, 5) is 58.6. The van der Waals surface area contributed by atoms with Gasteiger partial charge < -0.3 is 35.8 Å². The number of hydrogen-bond acceptors (Lipinski definition) is 7. The molecule has 0 bridgehead atoms. The number of likely N-dealkylation sites (tertiary alicyclic amines) is 2. The van der Waals surface area contributed by atoms with Crippen LogP contribution in [0.2, 0.25) is 0 Å². The average molecular weight is 532 g/mol. The van der Waals surface area contributed by atoms with Crippen LogP contribution < -0.4 is 10.6 Å². The van der Waals surface area contributed by atoms with E-state index in [2.05, 4.69) is 10.6 Å². The number of alkyl halides is 3. The zero-order chi connectivity index (χ0) is 27.8. The molecule has 2 aliphatic heterocycles. The molecule has 2 saturated heterocycles. The molecule has 204 valence electrons. The molecule has 2 atom stereocenters. The summed E-state index contributed by atoms with van der Waals surface area (Å²) in [5.41, 5.74) is 1.38. The van der Waals surface area contributed by atoms with Gasteiger partial charge >= 0.3 is 24.1 Å². The molecule has 0 aromatic heterocycles. The average Bonchev–Trinajstić information content (AvgIpc) is 3.52. The van der Waals surface area contributed by atoms with Crippen molar-refractivity contribution >= 4 is 41.1 Å². The van der Waals surface area contributed by atoms with E-state index in [1.807, 2.05) is 0 Å². The number of hydrogen-bond donors (Lipinski definition) is 5. The number of benzene rings is 1. The van der Waals surface area contributed by atoms with Gasteiger partial charge in [-0.05, 0) is 49.9 Å². The van der Waals surface area contributed by atoms with Crippen LogP contribution in [0.3, 0.4) is 0 Å². The van der Waals surface area contributed by atoms with Gasteiger partial charge in [0, 0.05) is 24.5 Å². The second-order valence-corrected chi connectivity index (χ2v) is 8.25. The Balaban J connectivity index is 0.000000604. The maximum atomic E-state index is 12.3. The second kappa shape index (κ2) is 12.8. The Morgan fingerprint density at radius 3 is 1.35 bits per heavy atom. The molecule has 1 aromatic carbocycles. The van der Waals surface area contributed by atoms with Crippen molar-refractivity contribution in [2.24, 2.45) is 0 Å². The van der Waals surface area contributed by atoms with Crippen LogP contribution in [0, 0.1) is 0 Å². The standard InChI is InChI=1S/C20H26N4O6.C2HF3O2/c25-17(23-9-1-3-15(23)19(27)28)11-21-13-5-7-14(8-6-13)22-12-18(26)24-10-2-4-16(24)20(29)30;3-2(4,5)1(6)7/h5-8,15-16,21-22H,1-4,9-12H2,(H,27,28)(H,29,30);(H,6,7)/t15-,16-;/m1./s1. The van der Waals surface area contributed by atoms with Crippen molar-refractivity contribution in [3.63, 3.8) is 0 Å². The third kappa shape index (κ3) is 8.54. The normalized spacial score (nSPS) is 19.0. The first-order valence-corrected chi connectivity index (χ1v) is 11.2. The maximum absolute atomic E-state index is 12.3. The molecule has 37 heavy (non-hydrogen) atoms. The van der Waals surface area contributed by atoms with Crippen molar-refractivity contribution in [2.75, 3.05) is 36.8 Å². The van der Waals surface area contributed by atoms with Crippen molar-refractivity contribution in [2.45, 2.75) is 43.9 Å². The number of nitrogens with zero attached hydrogens (tertiary/aromatic N) is 2. The van der Waals surface area contributed by atoms with Crippen LogP contribution in [0.1, 0.15) is 25.7 Å². The summed E-state index contributed by atoms with van der Waals surface area (Å²) >= 11 is 0. The van der Waals surface area contributed by atoms with Crippen molar-refractivity contribution in [1.82, 2.24) is 9.80 Å². The Morgan fingerprint density at radius 1 is 0.757 bits per heavy atom. The predicted octanol–water partition coefficient (Wildman–Crippen LogP) is 1.29. The van der Waals surface area contributed by atoms with E-state index in [0.29, 0.717) is 50.1 Å². The highest BCUT2D eigenvalue weighted by Crippen LogP contribution is 2.20. The van der Waals surface area contributed by atoms with E-state index in [1.54, 1.807) is 24.3 Å². The highest BCUT2D eigenvalue weighted by Gasteiger charge is 2.38. The Hall–Kier alpha value is -4.04. The van der Waals surface area contributed by atoms with Crippen LogP contribution >= 0.6 is 0 Å².